The minimum Gasteiger partial charge on any atom is -0.350 e. The fraction of sp³-hybridized carbons (Fsp3) is 0.167. The molecule has 1 aliphatic rings. The molecule has 2 heterocycles. The number of thioether (sulfide) groups is 1. The first-order chi connectivity index (χ1) is 15.4. The van der Waals surface area contributed by atoms with Gasteiger partial charge in [-0.2, -0.15) is 0 Å². The Morgan fingerprint density at radius 1 is 0.938 bits per heavy atom. The summed E-state index contributed by atoms with van der Waals surface area (Å²) in [5.41, 5.74) is 3.64. The molecule has 0 atom stereocenters. The van der Waals surface area contributed by atoms with Crippen LogP contribution >= 0.6 is 27.7 Å². The number of anilines is 1. The second kappa shape index (κ2) is 9.67. The highest BCUT2D eigenvalue weighted by atomic mass is 79.9. The van der Waals surface area contributed by atoms with Gasteiger partial charge in [0.1, 0.15) is 10.6 Å². The van der Waals surface area contributed by atoms with Crippen molar-refractivity contribution >= 4 is 45.2 Å². The number of carbonyl (C=O) groups is 2. The molecular weight excluding hydrogens is 488 g/mol. The van der Waals surface area contributed by atoms with Crippen molar-refractivity contribution in [1.29, 1.82) is 0 Å². The van der Waals surface area contributed by atoms with Gasteiger partial charge in [-0.15, -0.1) is 0 Å². The van der Waals surface area contributed by atoms with Gasteiger partial charge >= 0.3 is 0 Å². The Bertz CT molecular complexity index is 1180. The Morgan fingerprint density at radius 2 is 1.59 bits per heavy atom. The van der Waals surface area contributed by atoms with E-state index in [4.69, 9.17) is 0 Å². The minimum atomic E-state index is -0.347. The maximum atomic E-state index is 13.3. The van der Waals surface area contributed by atoms with Crippen LogP contribution in [0, 0.1) is 13.8 Å². The van der Waals surface area contributed by atoms with Crippen LogP contribution in [-0.4, -0.2) is 33.2 Å². The van der Waals surface area contributed by atoms with E-state index in [-0.39, 0.29) is 17.5 Å². The van der Waals surface area contributed by atoms with E-state index in [1.807, 2.05) is 74.5 Å². The Balaban J connectivity index is 1.63. The molecule has 2 aromatic carbocycles. The van der Waals surface area contributed by atoms with Gasteiger partial charge in [0, 0.05) is 28.1 Å². The van der Waals surface area contributed by atoms with E-state index in [0.717, 1.165) is 33.2 Å². The van der Waals surface area contributed by atoms with Gasteiger partial charge in [0.25, 0.3) is 11.8 Å². The number of halogens is 1. The summed E-state index contributed by atoms with van der Waals surface area (Å²) in [6, 6.07) is 19.1. The largest absolute Gasteiger partial charge is 0.350 e. The van der Waals surface area contributed by atoms with Crippen LogP contribution in [0.3, 0.4) is 0 Å². The van der Waals surface area contributed by atoms with Gasteiger partial charge in [0.15, 0.2) is 5.16 Å². The second-order valence-corrected chi connectivity index (χ2v) is 9.26. The van der Waals surface area contributed by atoms with E-state index >= 15 is 0 Å². The highest BCUT2D eigenvalue weighted by Crippen LogP contribution is 2.34. The van der Waals surface area contributed by atoms with Gasteiger partial charge in [-0.05, 0) is 67.9 Å². The van der Waals surface area contributed by atoms with E-state index in [9.17, 15) is 9.59 Å². The first-order valence-corrected chi connectivity index (χ1v) is 11.7. The number of benzene rings is 2. The molecular formula is C24H21BrN4O2S. The van der Waals surface area contributed by atoms with Crippen molar-refractivity contribution in [1.82, 2.24) is 14.9 Å². The number of imide groups is 1. The number of hydrogen-bond donors (Lipinski definition) is 1. The second-order valence-electron chi connectivity index (χ2n) is 7.37. The lowest BCUT2D eigenvalue weighted by Crippen LogP contribution is -2.34. The van der Waals surface area contributed by atoms with Crippen molar-refractivity contribution in [3.63, 3.8) is 0 Å². The normalized spacial score (nSPS) is 13.8. The number of nitrogens with zero attached hydrogens (tertiary/aromatic N) is 3. The third kappa shape index (κ3) is 5.08. The molecule has 162 valence electrons. The number of carbonyl (C=O) groups excluding carboxylic acids is 2. The fourth-order valence-corrected chi connectivity index (χ4v) is 4.62. The van der Waals surface area contributed by atoms with E-state index in [1.165, 1.54) is 4.90 Å². The van der Waals surface area contributed by atoms with Gasteiger partial charge in [-0.3, -0.25) is 14.5 Å². The topological polar surface area (TPSA) is 75.2 Å². The number of rotatable bonds is 7. The number of nitrogens with one attached hydrogen (secondary N) is 1. The van der Waals surface area contributed by atoms with Crippen LogP contribution in [0.25, 0.3) is 0 Å². The van der Waals surface area contributed by atoms with E-state index < -0.39 is 0 Å². The van der Waals surface area contributed by atoms with Crippen LogP contribution in [0.5, 0.6) is 0 Å². The Kier molecular flexibility index (Phi) is 6.72. The quantitative estimate of drug-likeness (QED) is 0.362. The van der Waals surface area contributed by atoms with Gasteiger partial charge in [0.05, 0.1) is 0 Å². The Labute approximate surface area is 199 Å². The molecule has 4 rings (SSSR count). The van der Waals surface area contributed by atoms with Crippen molar-refractivity contribution in [2.24, 2.45) is 0 Å². The van der Waals surface area contributed by atoms with E-state index in [2.05, 4.69) is 31.2 Å². The smallest absolute Gasteiger partial charge is 0.278 e. The summed E-state index contributed by atoms with van der Waals surface area (Å²) in [4.78, 5) is 37.0. The van der Waals surface area contributed by atoms with Crippen LogP contribution in [0.15, 0.2) is 80.9 Å². The zero-order chi connectivity index (χ0) is 22.7. The van der Waals surface area contributed by atoms with Gasteiger partial charge in [-0.1, -0.05) is 46.3 Å². The first-order valence-electron chi connectivity index (χ1n) is 10.1. The van der Waals surface area contributed by atoms with E-state index in [1.54, 1.807) is 0 Å². The summed E-state index contributed by atoms with van der Waals surface area (Å²) in [6.45, 7) is 4.05. The first kappa shape index (κ1) is 22.2. The van der Waals surface area contributed by atoms with E-state index in [0.29, 0.717) is 28.7 Å². The monoisotopic (exact) mass is 508 g/mol. The highest BCUT2D eigenvalue weighted by Gasteiger charge is 2.39. The SMILES string of the molecule is Cc1cc(C)nc(SC2=C(Nc3ccc(Br)cc3)C(=O)N(CCc3ccccc3)C2=O)n1. The molecule has 0 saturated carbocycles. The van der Waals surface area contributed by atoms with Crippen LogP contribution < -0.4 is 5.32 Å². The summed E-state index contributed by atoms with van der Waals surface area (Å²) in [5.74, 6) is -0.681. The number of hydrogen-bond acceptors (Lipinski definition) is 6. The van der Waals surface area contributed by atoms with Crippen LogP contribution in [-0.2, 0) is 16.0 Å². The maximum absolute atomic E-state index is 13.3. The average Bonchev–Trinajstić information content (AvgIpc) is 2.97. The molecule has 0 aliphatic carbocycles. The lowest BCUT2D eigenvalue weighted by atomic mass is 10.1. The summed E-state index contributed by atoms with van der Waals surface area (Å²) < 4.78 is 0.925. The molecule has 1 aromatic heterocycles. The standard InChI is InChI=1S/C24H21BrN4O2S/c1-15-14-16(2)27-24(26-15)32-21-20(28-19-10-8-18(25)9-11-19)22(30)29(23(21)31)13-12-17-6-4-3-5-7-17/h3-11,14,28H,12-13H2,1-2H3. The highest BCUT2D eigenvalue weighted by molar-refractivity contribution is 9.10. The molecule has 8 heteroatoms. The fourth-order valence-electron chi connectivity index (χ4n) is 3.36. The van der Waals surface area contributed by atoms with Crippen LogP contribution in [0.2, 0.25) is 0 Å². The Hall–Kier alpha value is -2.97. The third-order valence-electron chi connectivity index (χ3n) is 4.86. The molecule has 0 bridgehead atoms. The van der Waals surface area contributed by atoms with Crippen molar-refractivity contribution < 1.29 is 9.59 Å². The molecule has 1 N–H and O–H groups in total. The molecule has 0 fully saturated rings. The van der Waals surface area contributed by atoms with Crippen molar-refractivity contribution in [2.75, 3.05) is 11.9 Å². The molecule has 3 aromatic rings. The molecule has 32 heavy (non-hydrogen) atoms. The predicted molar refractivity (Wildman–Crippen MR) is 129 cm³/mol. The summed E-state index contributed by atoms with van der Waals surface area (Å²) in [7, 11) is 0. The lowest BCUT2D eigenvalue weighted by Gasteiger charge is -2.15. The Morgan fingerprint density at radius 3 is 2.25 bits per heavy atom. The summed E-state index contributed by atoms with van der Waals surface area (Å²) in [6.07, 6.45) is 0.585. The van der Waals surface area contributed by atoms with Gasteiger partial charge in [-0.25, -0.2) is 9.97 Å². The van der Waals surface area contributed by atoms with Crippen LogP contribution in [0.4, 0.5) is 5.69 Å². The molecule has 0 saturated heterocycles. The third-order valence-corrected chi connectivity index (χ3v) is 6.34. The minimum absolute atomic E-state index is 0.248. The zero-order valence-corrected chi connectivity index (χ0v) is 20.0. The summed E-state index contributed by atoms with van der Waals surface area (Å²) in [5, 5.41) is 3.59. The van der Waals surface area contributed by atoms with Crippen LogP contribution in [0.1, 0.15) is 17.0 Å². The molecule has 2 amide bonds. The number of aromatic nitrogens is 2. The predicted octanol–water partition coefficient (Wildman–Crippen LogP) is 4.88. The summed E-state index contributed by atoms with van der Waals surface area (Å²) >= 11 is 4.53. The molecule has 1 aliphatic heterocycles. The van der Waals surface area contributed by atoms with Crippen molar-refractivity contribution in [2.45, 2.75) is 25.4 Å². The lowest BCUT2D eigenvalue weighted by molar-refractivity contribution is -0.137. The van der Waals surface area contributed by atoms with Gasteiger partial charge in [0.2, 0.25) is 0 Å². The van der Waals surface area contributed by atoms with Crippen molar-refractivity contribution in [3.8, 4) is 0 Å². The molecule has 0 spiro atoms. The number of aryl methyl sites for hydroxylation is 2. The maximum Gasteiger partial charge on any atom is 0.278 e. The van der Waals surface area contributed by atoms with Crippen molar-refractivity contribution in [3.05, 3.63) is 92.7 Å². The van der Waals surface area contributed by atoms with Gasteiger partial charge < -0.3 is 5.32 Å². The molecule has 0 unspecified atom stereocenters. The average molecular weight is 509 g/mol. The zero-order valence-electron chi connectivity index (χ0n) is 17.6. The molecule has 0 radical (unpaired) electrons. The number of amides is 2. The molecule has 6 nitrogen and oxygen atoms in total.